The summed E-state index contributed by atoms with van der Waals surface area (Å²) in [5.41, 5.74) is 5.12. The van der Waals surface area contributed by atoms with Crippen molar-refractivity contribution in [2.75, 3.05) is 19.6 Å². The summed E-state index contributed by atoms with van der Waals surface area (Å²) >= 11 is 0. The van der Waals surface area contributed by atoms with Crippen molar-refractivity contribution in [2.24, 2.45) is 5.73 Å². The van der Waals surface area contributed by atoms with E-state index in [2.05, 4.69) is 10.6 Å². The molecule has 6 N–H and O–H groups in total. The van der Waals surface area contributed by atoms with Gasteiger partial charge in [0.2, 0.25) is 17.7 Å². The van der Waals surface area contributed by atoms with Crippen LogP contribution in [0, 0.1) is 0 Å². The van der Waals surface area contributed by atoms with E-state index in [0.717, 1.165) is 0 Å². The smallest absolute Gasteiger partial charge is 0.326 e. The second-order valence-electron chi connectivity index (χ2n) is 5.56. The number of carboxylic acid groups (broad SMARTS) is 2. The number of nitrogens with one attached hydrogen (secondary N) is 2. The minimum absolute atomic E-state index is 0.260. The molecule has 0 spiro atoms. The SMILES string of the molecule is NCC(=O)NCC(=O)N1CCCC1C(=O)NC(CCC(=O)O)C(=O)O. The van der Waals surface area contributed by atoms with Crippen LogP contribution in [0.25, 0.3) is 0 Å². The molecule has 0 aromatic rings. The Balaban J connectivity index is 2.65. The maximum absolute atomic E-state index is 12.3. The zero-order valence-electron chi connectivity index (χ0n) is 13.6. The van der Waals surface area contributed by atoms with Crippen LogP contribution in [0.2, 0.25) is 0 Å². The molecule has 11 nitrogen and oxygen atoms in total. The summed E-state index contributed by atoms with van der Waals surface area (Å²) in [5.74, 6) is -4.16. The Morgan fingerprint density at radius 3 is 2.44 bits per heavy atom. The van der Waals surface area contributed by atoms with Crippen LogP contribution in [0.15, 0.2) is 0 Å². The van der Waals surface area contributed by atoms with Crippen LogP contribution in [-0.2, 0) is 24.0 Å². The number of carbonyl (C=O) groups excluding carboxylic acids is 3. The molecule has 25 heavy (non-hydrogen) atoms. The first-order valence-electron chi connectivity index (χ1n) is 7.77. The molecule has 2 unspecified atom stereocenters. The van der Waals surface area contributed by atoms with E-state index < -0.39 is 48.2 Å². The first-order chi connectivity index (χ1) is 11.8. The predicted octanol–water partition coefficient (Wildman–Crippen LogP) is -2.51. The normalized spacial score (nSPS) is 17.6. The molecule has 0 bridgehead atoms. The van der Waals surface area contributed by atoms with Crippen molar-refractivity contribution >= 4 is 29.7 Å². The number of hydrogen-bond donors (Lipinski definition) is 5. The van der Waals surface area contributed by atoms with Crippen molar-refractivity contribution in [2.45, 2.75) is 37.8 Å². The highest BCUT2D eigenvalue weighted by atomic mass is 16.4. The topological polar surface area (TPSA) is 179 Å². The molecule has 1 aliphatic heterocycles. The van der Waals surface area contributed by atoms with E-state index in [4.69, 9.17) is 15.9 Å². The summed E-state index contributed by atoms with van der Waals surface area (Å²) in [5, 5.41) is 22.3. The highest BCUT2D eigenvalue weighted by molar-refractivity contribution is 5.92. The summed E-state index contributed by atoms with van der Waals surface area (Å²) in [6.45, 7) is -0.259. The van der Waals surface area contributed by atoms with Gasteiger partial charge in [-0.1, -0.05) is 0 Å². The monoisotopic (exact) mass is 358 g/mol. The highest BCUT2D eigenvalue weighted by Crippen LogP contribution is 2.18. The standard InChI is InChI=1S/C14H22N4O7/c15-6-10(19)16-7-11(20)18-5-1-2-9(18)13(23)17-8(14(24)25)3-4-12(21)22/h8-9H,1-7,15H2,(H,16,19)(H,17,23)(H,21,22)(H,24,25). The van der Waals surface area contributed by atoms with Crippen molar-refractivity contribution in [1.29, 1.82) is 0 Å². The maximum Gasteiger partial charge on any atom is 0.326 e. The summed E-state index contributed by atoms with van der Waals surface area (Å²) in [7, 11) is 0. The van der Waals surface area contributed by atoms with Crippen molar-refractivity contribution in [1.82, 2.24) is 15.5 Å². The van der Waals surface area contributed by atoms with Gasteiger partial charge in [0.25, 0.3) is 0 Å². The Labute approximate surface area is 143 Å². The van der Waals surface area contributed by atoms with Gasteiger partial charge in [0.15, 0.2) is 0 Å². The van der Waals surface area contributed by atoms with Gasteiger partial charge in [-0.3, -0.25) is 19.2 Å². The van der Waals surface area contributed by atoms with E-state index >= 15 is 0 Å². The predicted molar refractivity (Wildman–Crippen MR) is 83.2 cm³/mol. The fourth-order valence-electron chi connectivity index (χ4n) is 2.48. The third kappa shape index (κ3) is 6.37. The number of rotatable bonds is 9. The summed E-state index contributed by atoms with van der Waals surface area (Å²) in [6, 6.07) is -2.20. The molecular weight excluding hydrogens is 336 g/mol. The molecule has 0 aliphatic carbocycles. The van der Waals surface area contributed by atoms with Crippen molar-refractivity contribution in [3.05, 3.63) is 0 Å². The molecule has 0 aromatic carbocycles. The molecule has 140 valence electrons. The van der Waals surface area contributed by atoms with Gasteiger partial charge < -0.3 is 31.5 Å². The van der Waals surface area contributed by atoms with Gasteiger partial charge in [-0.2, -0.15) is 0 Å². The zero-order chi connectivity index (χ0) is 19.0. The van der Waals surface area contributed by atoms with Gasteiger partial charge in [-0.15, -0.1) is 0 Å². The average molecular weight is 358 g/mol. The number of likely N-dealkylation sites (tertiary alicyclic amines) is 1. The van der Waals surface area contributed by atoms with Gasteiger partial charge in [0, 0.05) is 13.0 Å². The van der Waals surface area contributed by atoms with Crippen LogP contribution >= 0.6 is 0 Å². The lowest BCUT2D eigenvalue weighted by atomic mass is 10.1. The van der Waals surface area contributed by atoms with E-state index in [9.17, 15) is 24.0 Å². The van der Waals surface area contributed by atoms with Gasteiger partial charge >= 0.3 is 11.9 Å². The first-order valence-corrected chi connectivity index (χ1v) is 7.77. The average Bonchev–Trinajstić information content (AvgIpc) is 3.05. The molecule has 1 aliphatic rings. The summed E-state index contributed by atoms with van der Waals surface area (Å²) < 4.78 is 0. The molecule has 0 aromatic heterocycles. The van der Waals surface area contributed by atoms with E-state index in [1.54, 1.807) is 0 Å². The van der Waals surface area contributed by atoms with Crippen molar-refractivity contribution in [3.8, 4) is 0 Å². The lowest BCUT2D eigenvalue weighted by Crippen LogP contribution is -2.52. The molecule has 0 radical (unpaired) electrons. The lowest BCUT2D eigenvalue weighted by molar-refractivity contribution is -0.144. The molecule has 2 atom stereocenters. The van der Waals surface area contributed by atoms with Gasteiger partial charge in [0.1, 0.15) is 12.1 Å². The second kappa shape index (κ2) is 9.57. The molecule has 1 fully saturated rings. The fourth-order valence-corrected chi connectivity index (χ4v) is 2.48. The van der Waals surface area contributed by atoms with Crippen LogP contribution in [-0.4, -0.2) is 76.5 Å². The number of hydrogen-bond acceptors (Lipinski definition) is 6. The summed E-state index contributed by atoms with van der Waals surface area (Å²) in [4.78, 5) is 58.5. The Bertz CT molecular complexity index is 551. The quantitative estimate of drug-likeness (QED) is 0.300. The molecule has 1 heterocycles. The fraction of sp³-hybridized carbons (Fsp3) is 0.643. The van der Waals surface area contributed by atoms with Gasteiger partial charge in [-0.25, -0.2) is 4.79 Å². The third-order valence-electron chi connectivity index (χ3n) is 3.76. The molecule has 3 amide bonds. The number of nitrogens with two attached hydrogens (primary N) is 1. The minimum atomic E-state index is -1.35. The van der Waals surface area contributed by atoms with E-state index in [0.29, 0.717) is 19.4 Å². The molecule has 1 rings (SSSR count). The van der Waals surface area contributed by atoms with Gasteiger partial charge in [-0.05, 0) is 19.3 Å². The third-order valence-corrected chi connectivity index (χ3v) is 3.76. The zero-order valence-corrected chi connectivity index (χ0v) is 13.6. The molecular formula is C14H22N4O7. The first kappa shape index (κ1) is 20.4. The minimum Gasteiger partial charge on any atom is -0.481 e. The number of carbonyl (C=O) groups is 5. The van der Waals surface area contributed by atoms with Crippen LogP contribution in [0.3, 0.4) is 0 Å². The van der Waals surface area contributed by atoms with Crippen molar-refractivity contribution in [3.63, 3.8) is 0 Å². The van der Waals surface area contributed by atoms with E-state index in [-0.39, 0.29) is 19.5 Å². The Morgan fingerprint density at radius 2 is 1.88 bits per heavy atom. The van der Waals surface area contributed by atoms with Gasteiger partial charge in [0.05, 0.1) is 13.1 Å². The Kier molecular flexibility index (Phi) is 7.79. The summed E-state index contributed by atoms with van der Waals surface area (Å²) in [6.07, 6.45) is 0.245. The number of aliphatic carboxylic acids is 2. The molecule has 11 heteroatoms. The second-order valence-corrected chi connectivity index (χ2v) is 5.56. The number of carboxylic acids is 2. The van der Waals surface area contributed by atoms with Crippen LogP contribution in [0.1, 0.15) is 25.7 Å². The van der Waals surface area contributed by atoms with Crippen LogP contribution in [0.5, 0.6) is 0 Å². The van der Waals surface area contributed by atoms with Crippen molar-refractivity contribution < 1.29 is 34.2 Å². The highest BCUT2D eigenvalue weighted by Gasteiger charge is 2.35. The number of amides is 3. The Morgan fingerprint density at radius 1 is 1.20 bits per heavy atom. The van der Waals surface area contributed by atoms with E-state index in [1.807, 2.05) is 0 Å². The lowest BCUT2D eigenvalue weighted by Gasteiger charge is -2.25. The molecule has 1 saturated heterocycles. The van der Waals surface area contributed by atoms with E-state index in [1.165, 1.54) is 4.90 Å². The molecule has 0 saturated carbocycles. The Hall–Kier alpha value is -2.69. The maximum atomic E-state index is 12.3. The van der Waals surface area contributed by atoms with Crippen LogP contribution in [0.4, 0.5) is 0 Å². The number of nitrogens with zero attached hydrogens (tertiary/aromatic N) is 1. The van der Waals surface area contributed by atoms with Crippen LogP contribution < -0.4 is 16.4 Å². The largest absolute Gasteiger partial charge is 0.481 e.